The van der Waals surface area contributed by atoms with Crippen molar-refractivity contribution in [3.8, 4) is 11.5 Å². The topological polar surface area (TPSA) is 67.9 Å². The van der Waals surface area contributed by atoms with Gasteiger partial charge in [0, 0.05) is 12.6 Å². The summed E-state index contributed by atoms with van der Waals surface area (Å²) in [5.74, 6) is -0.0300. The summed E-state index contributed by atoms with van der Waals surface area (Å²) in [4.78, 5) is 27.1. The predicted octanol–water partition coefficient (Wildman–Crippen LogP) is 3.55. The number of hydrogen-bond acceptors (Lipinski definition) is 4. The van der Waals surface area contributed by atoms with Crippen LogP contribution in [0.15, 0.2) is 48.5 Å². The molecule has 1 N–H and O–H groups in total. The van der Waals surface area contributed by atoms with E-state index in [0.717, 1.165) is 6.42 Å². The molecule has 0 heterocycles. The Hall–Kier alpha value is -3.09. The van der Waals surface area contributed by atoms with Crippen molar-refractivity contribution in [2.45, 2.75) is 45.8 Å². The van der Waals surface area contributed by atoms with Gasteiger partial charge in [0.1, 0.15) is 11.9 Å². The van der Waals surface area contributed by atoms with Crippen LogP contribution in [-0.4, -0.2) is 42.5 Å². The molecule has 30 heavy (non-hydrogen) atoms. The molecule has 2 amide bonds. The first-order valence-electron chi connectivity index (χ1n) is 9.95. The van der Waals surface area contributed by atoms with Crippen molar-refractivity contribution in [2.75, 3.05) is 13.7 Å². The zero-order valence-corrected chi connectivity index (χ0v) is 17.9. The third-order valence-electron chi connectivity index (χ3n) is 4.85. The number of amides is 2. The molecule has 2 atom stereocenters. The molecule has 0 aromatic heterocycles. The van der Waals surface area contributed by atoms with Crippen LogP contribution in [-0.2, 0) is 16.1 Å². The minimum atomic E-state index is -0.724. The molecule has 0 bridgehead atoms. The molecule has 0 saturated carbocycles. The van der Waals surface area contributed by atoms with E-state index in [0.29, 0.717) is 17.1 Å². The van der Waals surface area contributed by atoms with Gasteiger partial charge < -0.3 is 19.7 Å². The smallest absolute Gasteiger partial charge is 0.261 e. The average Bonchev–Trinajstić information content (AvgIpc) is 2.76. The number of rotatable bonds is 10. The van der Waals surface area contributed by atoms with Gasteiger partial charge in [0.2, 0.25) is 5.91 Å². The highest BCUT2D eigenvalue weighted by Gasteiger charge is 2.27. The summed E-state index contributed by atoms with van der Waals surface area (Å²) in [5.41, 5.74) is 0.713. The minimum absolute atomic E-state index is 0.00690. The van der Waals surface area contributed by atoms with Crippen molar-refractivity contribution < 1.29 is 23.5 Å². The molecule has 0 spiro atoms. The average molecular weight is 416 g/mol. The summed E-state index contributed by atoms with van der Waals surface area (Å²) >= 11 is 0. The van der Waals surface area contributed by atoms with E-state index in [1.807, 2.05) is 13.8 Å². The van der Waals surface area contributed by atoms with E-state index in [4.69, 9.17) is 9.47 Å². The van der Waals surface area contributed by atoms with Crippen molar-refractivity contribution in [1.29, 1.82) is 0 Å². The fourth-order valence-corrected chi connectivity index (χ4v) is 2.80. The number of para-hydroxylation sites is 2. The molecule has 0 radical (unpaired) electrons. The number of methoxy groups -OCH3 is 1. The zero-order chi connectivity index (χ0) is 22.1. The van der Waals surface area contributed by atoms with Crippen LogP contribution in [0.4, 0.5) is 4.39 Å². The second-order valence-electron chi connectivity index (χ2n) is 7.08. The van der Waals surface area contributed by atoms with Crippen LogP contribution in [0.3, 0.4) is 0 Å². The number of hydrogen-bond donors (Lipinski definition) is 1. The van der Waals surface area contributed by atoms with Crippen molar-refractivity contribution in [3.63, 3.8) is 0 Å². The van der Waals surface area contributed by atoms with Crippen molar-refractivity contribution in [3.05, 3.63) is 59.9 Å². The SMILES string of the molecule is CC[C@H](C)NC(=O)[C@H](C)N(Cc1ccc(F)cc1)C(=O)COc1ccccc1OC. The quantitative estimate of drug-likeness (QED) is 0.643. The Bertz CT molecular complexity index is 841. The lowest BCUT2D eigenvalue weighted by molar-refractivity contribution is -0.142. The van der Waals surface area contributed by atoms with Gasteiger partial charge in [-0.3, -0.25) is 9.59 Å². The van der Waals surface area contributed by atoms with Gasteiger partial charge in [-0.2, -0.15) is 0 Å². The van der Waals surface area contributed by atoms with Gasteiger partial charge in [-0.25, -0.2) is 4.39 Å². The summed E-state index contributed by atoms with van der Waals surface area (Å²) in [5, 5.41) is 2.90. The van der Waals surface area contributed by atoms with Gasteiger partial charge in [-0.05, 0) is 50.1 Å². The van der Waals surface area contributed by atoms with Crippen LogP contribution in [0.25, 0.3) is 0 Å². The first kappa shape index (κ1) is 23.2. The second-order valence-corrected chi connectivity index (χ2v) is 7.08. The number of ether oxygens (including phenoxy) is 2. The van der Waals surface area contributed by atoms with Crippen molar-refractivity contribution in [2.24, 2.45) is 0 Å². The lowest BCUT2D eigenvalue weighted by Crippen LogP contribution is -2.50. The van der Waals surface area contributed by atoms with Crippen LogP contribution in [0.5, 0.6) is 11.5 Å². The van der Waals surface area contributed by atoms with E-state index in [2.05, 4.69) is 5.32 Å². The van der Waals surface area contributed by atoms with E-state index in [1.54, 1.807) is 43.3 Å². The van der Waals surface area contributed by atoms with Gasteiger partial charge in [0.05, 0.1) is 7.11 Å². The molecule has 0 unspecified atom stereocenters. The standard InChI is InChI=1S/C23H29FN2O4/c1-5-16(2)25-23(28)17(3)26(14-18-10-12-19(24)13-11-18)22(27)15-30-21-9-7-6-8-20(21)29-4/h6-13,16-17H,5,14-15H2,1-4H3,(H,25,28)/t16-,17-/m0/s1. The maximum atomic E-state index is 13.3. The molecule has 2 aromatic rings. The summed E-state index contributed by atoms with van der Waals surface area (Å²) in [6, 6.07) is 12.1. The van der Waals surface area contributed by atoms with Gasteiger partial charge in [0.15, 0.2) is 18.1 Å². The predicted molar refractivity (Wildman–Crippen MR) is 113 cm³/mol. The maximum Gasteiger partial charge on any atom is 0.261 e. The van der Waals surface area contributed by atoms with Crippen LogP contribution in [0.1, 0.15) is 32.8 Å². The summed E-state index contributed by atoms with van der Waals surface area (Å²) in [6.07, 6.45) is 0.779. The molecular weight excluding hydrogens is 387 g/mol. The summed E-state index contributed by atoms with van der Waals surface area (Å²) in [7, 11) is 1.52. The molecule has 0 saturated heterocycles. The molecule has 162 valence electrons. The van der Waals surface area contributed by atoms with Gasteiger partial charge in [0.25, 0.3) is 5.91 Å². The van der Waals surface area contributed by atoms with E-state index >= 15 is 0 Å². The third kappa shape index (κ3) is 6.47. The van der Waals surface area contributed by atoms with Gasteiger partial charge >= 0.3 is 0 Å². The number of nitrogens with one attached hydrogen (secondary N) is 1. The van der Waals surface area contributed by atoms with Crippen LogP contribution < -0.4 is 14.8 Å². The molecule has 0 aliphatic rings. The molecule has 0 fully saturated rings. The van der Waals surface area contributed by atoms with Crippen LogP contribution in [0.2, 0.25) is 0 Å². The summed E-state index contributed by atoms with van der Waals surface area (Å²) < 4.78 is 24.1. The van der Waals surface area contributed by atoms with Gasteiger partial charge in [-0.1, -0.05) is 31.2 Å². The molecule has 2 rings (SSSR count). The Morgan fingerprint density at radius 2 is 1.70 bits per heavy atom. The number of carbonyl (C=O) groups is 2. The number of benzene rings is 2. The van der Waals surface area contributed by atoms with Crippen molar-refractivity contribution in [1.82, 2.24) is 10.2 Å². The third-order valence-corrected chi connectivity index (χ3v) is 4.85. The molecular formula is C23H29FN2O4. The highest BCUT2D eigenvalue weighted by atomic mass is 19.1. The van der Waals surface area contributed by atoms with E-state index in [9.17, 15) is 14.0 Å². The Kier molecular flexibility index (Phi) is 8.65. The fraction of sp³-hybridized carbons (Fsp3) is 0.391. The molecule has 6 nitrogen and oxygen atoms in total. The van der Waals surface area contributed by atoms with E-state index in [1.165, 1.54) is 24.1 Å². The second kappa shape index (κ2) is 11.2. The first-order valence-corrected chi connectivity index (χ1v) is 9.95. The molecule has 0 aliphatic heterocycles. The van der Waals surface area contributed by atoms with E-state index < -0.39 is 6.04 Å². The maximum absolute atomic E-state index is 13.3. The molecule has 2 aromatic carbocycles. The highest BCUT2D eigenvalue weighted by molar-refractivity contribution is 5.88. The highest BCUT2D eigenvalue weighted by Crippen LogP contribution is 2.25. The normalized spacial score (nSPS) is 12.6. The summed E-state index contributed by atoms with van der Waals surface area (Å²) in [6.45, 7) is 5.44. The Labute approximate surface area is 177 Å². The van der Waals surface area contributed by atoms with E-state index in [-0.39, 0.29) is 36.8 Å². The molecule has 7 heteroatoms. The lowest BCUT2D eigenvalue weighted by atomic mass is 10.1. The monoisotopic (exact) mass is 416 g/mol. The fourth-order valence-electron chi connectivity index (χ4n) is 2.80. The largest absolute Gasteiger partial charge is 0.493 e. The Balaban J connectivity index is 2.17. The van der Waals surface area contributed by atoms with Gasteiger partial charge in [-0.15, -0.1) is 0 Å². The van der Waals surface area contributed by atoms with Crippen LogP contribution in [0, 0.1) is 5.82 Å². The Morgan fingerprint density at radius 1 is 1.07 bits per heavy atom. The van der Waals surface area contributed by atoms with Crippen LogP contribution >= 0.6 is 0 Å². The van der Waals surface area contributed by atoms with Crippen molar-refractivity contribution >= 4 is 11.8 Å². The number of nitrogens with zero attached hydrogens (tertiary/aromatic N) is 1. The number of halogens is 1. The minimum Gasteiger partial charge on any atom is -0.493 e. The number of carbonyl (C=O) groups excluding carboxylic acids is 2. The first-order chi connectivity index (χ1) is 14.3. The zero-order valence-electron chi connectivity index (χ0n) is 17.9. The Morgan fingerprint density at radius 3 is 2.30 bits per heavy atom. The lowest BCUT2D eigenvalue weighted by Gasteiger charge is -2.29. The molecule has 0 aliphatic carbocycles.